The minimum absolute atomic E-state index is 0.0334. The van der Waals surface area contributed by atoms with E-state index in [1.807, 2.05) is 0 Å². The lowest BCUT2D eigenvalue weighted by atomic mass is 9.90. The van der Waals surface area contributed by atoms with Crippen LogP contribution in [-0.4, -0.2) is 102 Å². The maximum absolute atomic E-state index is 14.1. The van der Waals surface area contributed by atoms with E-state index in [4.69, 9.17) is 14.0 Å². The van der Waals surface area contributed by atoms with E-state index in [1.54, 1.807) is 0 Å². The molecule has 0 amide bonds. The lowest BCUT2D eigenvalue weighted by molar-refractivity contribution is -0.452. The van der Waals surface area contributed by atoms with Gasteiger partial charge in [0.15, 0.2) is 5.76 Å². The quantitative estimate of drug-likeness (QED) is 0.0743. The van der Waals surface area contributed by atoms with Crippen molar-refractivity contribution in [2.45, 2.75) is 109 Å². The molecule has 0 aliphatic heterocycles. The highest BCUT2D eigenvalue weighted by molar-refractivity contribution is 5.67. The fourth-order valence-corrected chi connectivity index (χ4v) is 5.27. The van der Waals surface area contributed by atoms with Gasteiger partial charge in [0, 0.05) is 30.0 Å². The zero-order chi connectivity index (χ0) is 53.9. The third-order valence-electron chi connectivity index (χ3n) is 9.39. The van der Waals surface area contributed by atoms with E-state index in [0.717, 1.165) is 48.5 Å². The van der Waals surface area contributed by atoms with Crippen LogP contribution in [0.25, 0.3) is 22.6 Å². The zero-order valence-corrected chi connectivity index (χ0v) is 32.4. The second kappa shape index (κ2) is 18.1. The molecule has 0 saturated carbocycles. The lowest BCUT2D eigenvalue weighted by Crippen LogP contribution is -2.72. The molecule has 0 spiro atoms. The number of ether oxygens (including phenoxy) is 2. The van der Waals surface area contributed by atoms with Gasteiger partial charge in [-0.1, -0.05) is 5.16 Å². The normalized spacial score (nSPS) is 15.2. The summed E-state index contributed by atoms with van der Waals surface area (Å²) in [5, 5.41) is 3.67. The molecule has 0 fully saturated rings. The average molecular weight is 1070 g/mol. The Kier molecular flexibility index (Phi) is 15.3. The highest BCUT2D eigenvalue weighted by Crippen LogP contribution is 2.64. The van der Waals surface area contributed by atoms with E-state index in [1.165, 1.54) is 6.07 Å². The number of hydrogen-bond acceptors (Lipinski definition) is 4. The van der Waals surface area contributed by atoms with Gasteiger partial charge >= 0.3 is 83.4 Å². The van der Waals surface area contributed by atoms with Crippen LogP contribution in [0.1, 0.15) is 25.7 Å². The van der Waals surface area contributed by atoms with Crippen molar-refractivity contribution >= 4 is 0 Å². The van der Waals surface area contributed by atoms with Gasteiger partial charge in [-0.2, -0.15) is 132 Å². The van der Waals surface area contributed by atoms with Gasteiger partial charge in [0.1, 0.15) is 17.2 Å². The van der Waals surface area contributed by atoms with E-state index in [0.29, 0.717) is 0 Å². The molecule has 34 heteroatoms. The van der Waals surface area contributed by atoms with Crippen molar-refractivity contribution in [1.82, 2.24) is 5.16 Å². The Morgan fingerprint density at radius 3 is 0.928 bits per heavy atom. The van der Waals surface area contributed by atoms with Gasteiger partial charge in [-0.15, -0.1) is 0 Å². The summed E-state index contributed by atoms with van der Waals surface area (Å²) in [4.78, 5) is 0. The molecule has 1 heterocycles. The molecule has 0 bridgehead atoms. The second-order valence-electron chi connectivity index (χ2n) is 14.2. The molecule has 0 N–H and O–H groups in total. The molecule has 0 aliphatic rings. The average Bonchev–Trinajstić information content (AvgIpc) is 3.70. The van der Waals surface area contributed by atoms with Crippen molar-refractivity contribution in [1.29, 1.82) is 0 Å². The van der Waals surface area contributed by atoms with Crippen molar-refractivity contribution in [3.8, 4) is 34.1 Å². The van der Waals surface area contributed by atoms with Gasteiger partial charge in [-0.3, -0.25) is 0 Å². The molecule has 1 aromatic heterocycles. The van der Waals surface area contributed by atoms with Crippen LogP contribution < -0.4 is 9.47 Å². The number of rotatable bonds is 22. The van der Waals surface area contributed by atoms with E-state index in [9.17, 15) is 132 Å². The summed E-state index contributed by atoms with van der Waals surface area (Å²) in [6.45, 7) is -2.34. The summed E-state index contributed by atoms with van der Waals surface area (Å²) in [5.41, 5.74) is 0.186. The van der Waals surface area contributed by atoms with Crippen LogP contribution in [0.15, 0.2) is 59.1 Å². The summed E-state index contributed by atoms with van der Waals surface area (Å²) in [6, 6.07) is 9.66. The Hall–Kier alpha value is -4.85. The molecule has 4 nitrogen and oxygen atoms in total. The first kappa shape index (κ1) is 58.5. The molecule has 3 aromatic rings. The van der Waals surface area contributed by atoms with Gasteiger partial charge in [-0.05, 0) is 61.4 Å². The molecule has 394 valence electrons. The number of hydrogen-bond donors (Lipinski definition) is 0. The monoisotopic (exact) mass is 1070 g/mol. The molecule has 0 aliphatic carbocycles. The van der Waals surface area contributed by atoms with E-state index in [-0.39, 0.29) is 34.1 Å². The largest absolute Gasteiger partial charge is 0.494 e. The standard InChI is InChI=1S/C35H21F30NO3/c36-22(37,24(40,41)26(44,45)28(48,49)30(52,53)32(56,57)34(60,61)62)11-1-13-67-18-7-3-16(4-8-18)20-15-21(69-66-20)17-5-9-19(10-6-17)68-14-2-12-23(38,39)25(42,43)27(46,47)29(50,51)31(54,55)33(58,59)35(63,64)65/h3-10,15H,1-2,11-14H2. The highest BCUT2D eigenvalue weighted by Gasteiger charge is 2.94. The SMILES string of the molecule is FC(F)(F)C(F)(F)C(F)(F)C(F)(F)C(F)(F)C(F)(F)C(F)(F)CCCOc1ccc(-c2cc(-c3ccc(OCCCC(F)(F)C(F)(F)C(F)(F)C(F)(F)C(F)(F)C(F)(F)C(F)(F)F)cc3)on2)cc1. The molecular formula is C35H21F30NO3. The summed E-state index contributed by atoms with van der Waals surface area (Å²) >= 11 is 0. The van der Waals surface area contributed by atoms with Gasteiger partial charge in [0.2, 0.25) is 0 Å². The molecule has 0 saturated heterocycles. The van der Waals surface area contributed by atoms with E-state index in [2.05, 4.69) is 5.16 Å². The van der Waals surface area contributed by atoms with Crippen LogP contribution in [0.2, 0.25) is 0 Å². The Balaban J connectivity index is 1.59. The maximum Gasteiger partial charge on any atom is 0.460 e. The van der Waals surface area contributed by atoms with Crippen LogP contribution in [0, 0.1) is 0 Å². The van der Waals surface area contributed by atoms with Crippen LogP contribution >= 0.6 is 0 Å². The molecular weight excluding hydrogens is 1050 g/mol. The van der Waals surface area contributed by atoms with Crippen molar-refractivity contribution in [3.63, 3.8) is 0 Å². The molecule has 2 aromatic carbocycles. The molecule has 3 rings (SSSR count). The first-order valence-electron chi connectivity index (χ1n) is 17.7. The fraction of sp³-hybridized carbons (Fsp3) is 0.571. The number of nitrogens with zero attached hydrogens (tertiary/aromatic N) is 1. The van der Waals surface area contributed by atoms with Crippen molar-refractivity contribution in [2.75, 3.05) is 13.2 Å². The zero-order valence-electron chi connectivity index (χ0n) is 32.4. The number of benzene rings is 2. The molecule has 0 radical (unpaired) electrons. The van der Waals surface area contributed by atoms with Gasteiger partial charge < -0.3 is 14.0 Å². The van der Waals surface area contributed by atoms with Crippen molar-refractivity contribution in [3.05, 3.63) is 54.6 Å². The van der Waals surface area contributed by atoms with Crippen LogP contribution in [0.3, 0.4) is 0 Å². The number of halogens is 30. The van der Waals surface area contributed by atoms with E-state index < -0.39 is 122 Å². The van der Waals surface area contributed by atoms with Crippen LogP contribution in [-0.2, 0) is 0 Å². The van der Waals surface area contributed by atoms with Crippen LogP contribution in [0.4, 0.5) is 132 Å². The highest BCUT2D eigenvalue weighted by atomic mass is 19.4. The van der Waals surface area contributed by atoms with E-state index >= 15 is 0 Å². The number of alkyl halides is 30. The summed E-state index contributed by atoms with van der Waals surface area (Å²) in [6.07, 6.45) is -23.8. The molecule has 0 atom stereocenters. The van der Waals surface area contributed by atoms with Gasteiger partial charge in [0.25, 0.3) is 0 Å². The Morgan fingerprint density at radius 1 is 0.348 bits per heavy atom. The summed E-state index contributed by atoms with van der Waals surface area (Å²) in [5.74, 6) is -95.4. The minimum atomic E-state index is -8.43. The topological polar surface area (TPSA) is 44.5 Å². The van der Waals surface area contributed by atoms with Crippen LogP contribution in [0.5, 0.6) is 11.5 Å². The fourth-order valence-electron chi connectivity index (χ4n) is 5.27. The lowest BCUT2D eigenvalue weighted by Gasteiger charge is -2.41. The summed E-state index contributed by atoms with van der Waals surface area (Å²) < 4.78 is 416. The molecule has 0 unspecified atom stereocenters. The third-order valence-corrected chi connectivity index (χ3v) is 9.39. The first-order chi connectivity index (χ1) is 30.6. The summed E-state index contributed by atoms with van der Waals surface area (Å²) in [7, 11) is 0. The Morgan fingerprint density at radius 2 is 0.623 bits per heavy atom. The predicted octanol–water partition coefficient (Wildman–Crippen LogP) is 15.1. The predicted molar refractivity (Wildman–Crippen MR) is 168 cm³/mol. The van der Waals surface area contributed by atoms with Gasteiger partial charge in [-0.25, -0.2) is 0 Å². The maximum atomic E-state index is 14.1. The smallest absolute Gasteiger partial charge is 0.460 e. The Bertz CT molecular complexity index is 2040. The number of aromatic nitrogens is 1. The van der Waals surface area contributed by atoms with Crippen molar-refractivity contribution < 1.29 is 146 Å². The second-order valence-corrected chi connectivity index (χ2v) is 14.2. The molecule has 69 heavy (non-hydrogen) atoms. The minimum Gasteiger partial charge on any atom is -0.494 e. The van der Waals surface area contributed by atoms with Gasteiger partial charge in [0.05, 0.1) is 13.2 Å². The third kappa shape index (κ3) is 9.68. The first-order valence-corrected chi connectivity index (χ1v) is 17.7. The van der Waals surface area contributed by atoms with Crippen molar-refractivity contribution in [2.24, 2.45) is 0 Å². The Labute approximate surface area is 362 Å².